The van der Waals surface area contributed by atoms with Crippen LogP contribution in [0.4, 0.5) is 0 Å². The Morgan fingerprint density at radius 2 is 2.00 bits per heavy atom. The fourth-order valence-electron chi connectivity index (χ4n) is 2.17. The van der Waals surface area contributed by atoms with Gasteiger partial charge in [-0.3, -0.25) is 4.79 Å². The van der Waals surface area contributed by atoms with Gasteiger partial charge in [-0.2, -0.15) is 0 Å². The van der Waals surface area contributed by atoms with Crippen LogP contribution < -0.4 is 0 Å². The predicted octanol–water partition coefficient (Wildman–Crippen LogP) is 3.76. The third-order valence-corrected chi connectivity index (χ3v) is 2.97. The molecule has 20 heavy (non-hydrogen) atoms. The summed E-state index contributed by atoms with van der Waals surface area (Å²) in [4.78, 5) is 23.9. The average Bonchev–Trinajstić information content (AvgIpc) is 2.29. The lowest BCUT2D eigenvalue weighted by molar-refractivity contribution is -0.148. The van der Waals surface area contributed by atoms with Crippen molar-refractivity contribution in [1.29, 1.82) is 0 Å². The topological polar surface area (TPSA) is 43.4 Å². The monoisotopic (exact) mass is 276 g/mol. The molecule has 110 valence electrons. The minimum absolute atomic E-state index is 0.0751. The molecule has 1 aliphatic rings. The van der Waals surface area contributed by atoms with E-state index >= 15 is 0 Å². The van der Waals surface area contributed by atoms with E-state index in [2.05, 4.69) is 0 Å². The number of ketones is 1. The second kappa shape index (κ2) is 6.69. The van der Waals surface area contributed by atoms with Crippen LogP contribution in [0.5, 0.6) is 0 Å². The molecule has 0 aliphatic heterocycles. The van der Waals surface area contributed by atoms with Crippen molar-refractivity contribution < 1.29 is 14.3 Å². The second-order valence-electron chi connectivity index (χ2n) is 6.20. The SMILES string of the molecule is C/C=C/C=C1/C/C(=C\C(=O)OC(C)(C)C)CC(C)C1=O. The molecule has 1 unspecified atom stereocenters. The fourth-order valence-corrected chi connectivity index (χ4v) is 2.17. The summed E-state index contributed by atoms with van der Waals surface area (Å²) in [5.41, 5.74) is 1.23. The van der Waals surface area contributed by atoms with Crippen LogP contribution >= 0.6 is 0 Å². The maximum absolute atomic E-state index is 12.0. The number of ether oxygens (including phenoxy) is 1. The lowest BCUT2D eigenvalue weighted by Gasteiger charge is -2.23. The maximum atomic E-state index is 12.0. The highest BCUT2D eigenvalue weighted by Crippen LogP contribution is 2.29. The van der Waals surface area contributed by atoms with E-state index in [9.17, 15) is 9.59 Å². The van der Waals surface area contributed by atoms with Crippen molar-refractivity contribution in [3.63, 3.8) is 0 Å². The Labute approximate surface area is 121 Å². The van der Waals surface area contributed by atoms with Crippen molar-refractivity contribution in [2.45, 2.75) is 53.1 Å². The summed E-state index contributed by atoms with van der Waals surface area (Å²) >= 11 is 0. The number of hydrogen-bond acceptors (Lipinski definition) is 3. The number of carbonyl (C=O) groups is 2. The van der Waals surface area contributed by atoms with E-state index in [-0.39, 0.29) is 17.7 Å². The molecule has 3 heteroatoms. The zero-order valence-corrected chi connectivity index (χ0v) is 13.0. The van der Waals surface area contributed by atoms with E-state index in [1.54, 1.807) is 0 Å². The van der Waals surface area contributed by atoms with Crippen molar-refractivity contribution >= 4 is 11.8 Å². The van der Waals surface area contributed by atoms with Gasteiger partial charge in [0.1, 0.15) is 5.60 Å². The Morgan fingerprint density at radius 3 is 2.55 bits per heavy atom. The molecule has 0 N–H and O–H groups in total. The zero-order valence-electron chi connectivity index (χ0n) is 13.0. The van der Waals surface area contributed by atoms with E-state index < -0.39 is 5.60 Å². The number of allylic oxidation sites excluding steroid dienone is 5. The number of rotatable bonds is 2. The zero-order chi connectivity index (χ0) is 15.3. The second-order valence-corrected chi connectivity index (χ2v) is 6.20. The van der Waals surface area contributed by atoms with E-state index in [1.165, 1.54) is 6.08 Å². The molecule has 1 rings (SSSR count). The molecule has 0 spiro atoms. The molecule has 0 aromatic carbocycles. The molecule has 0 amide bonds. The van der Waals surface area contributed by atoms with Gasteiger partial charge in [-0.05, 0) is 46.1 Å². The summed E-state index contributed by atoms with van der Waals surface area (Å²) in [5.74, 6) is -0.238. The molecule has 1 aliphatic carbocycles. The van der Waals surface area contributed by atoms with E-state index in [4.69, 9.17) is 4.74 Å². The summed E-state index contributed by atoms with van der Waals surface area (Å²) in [6.07, 6.45) is 8.28. The number of esters is 1. The summed E-state index contributed by atoms with van der Waals surface area (Å²) < 4.78 is 5.29. The smallest absolute Gasteiger partial charge is 0.331 e. The van der Waals surface area contributed by atoms with Crippen LogP contribution in [0.15, 0.2) is 35.5 Å². The molecule has 3 nitrogen and oxygen atoms in total. The first-order valence-corrected chi connectivity index (χ1v) is 7.01. The lowest BCUT2D eigenvalue weighted by atomic mass is 9.81. The highest BCUT2D eigenvalue weighted by atomic mass is 16.6. The molecule has 0 bridgehead atoms. The summed E-state index contributed by atoms with van der Waals surface area (Å²) in [6.45, 7) is 9.33. The molecule has 0 aromatic rings. The van der Waals surface area contributed by atoms with Crippen LogP contribution in [0.2, 0.25) is 0 Å². The molecule has 0 saturated heterocycles. The van der Waals surface area contributed by atoms with Crippen LogP contribution in [0.3, 0.4) is 0 Å². The molecular formula is C17H24O3. The van der Waals surface area contributed by atoms with Gasteiger partial charge < -0.3 is 4.74 Å². The van der Waals surface area contributed by atoms with Gasteiger partial charge in [-0.15, -0.1) is 0 Å². The van der Waals surface area contributed by atoms with Crippen molar-refractivity contribution in [2.75, 3.05) is 0 Å². The third-order valence-electron chi connectivity index (χ3n) is 2.97. The first-order valence-electron chi connectivity index (χ1n) is 7.01. The summed E-state index contributed by atoms with van der Waals surface area (Å²) in [7, 11) is 0. The quantitative estimate of drug-likeness (QED) is 0.570. The third kappa shape index (κ3) is 5.16. The van der Waals surface area contributed by atoms with Gasteiger partial charge in [0, 0.05) is 12.0 Å². The molecule has 1 atom stereocenters. The van der Waals surface area contributed by atoms with Crippen molar-refractivity contribution in [3.8, 4) is 0 Å². The molecule has 0 heterocycles. The van der Waals surface area contributed by atoms with Crippen molar-refractivity contribution in [1.82, 2.24) is 0 Å². The fraction of sp³-hybridized carbons (Fsp3) is 0.529. The molecule has 0 radical (unpaired) electrons. The van der Waals surface area contributed by atoms with E-state index in [0.717, 1.165) is 11.1 Å². The highest BCUT2D eigenvalue weighted by Gasteiger charge is 2.26. The summed E-state index contributed by atoms with van der Waals surface area (Å²) in [6, 6.07) is 0. The summed E-state index contributed by atoms with van der Waals surface area (Å²) in [5, 5.41) is 0. The standard InChI is InChI=1S/C17H24O3/c1-6-7-8-14-10-13(9-12(2)16(14)19)11-15(18)20-17(3,4)5/h6-8,11-12H,9-10H2,1-5H3/b7-6+,13-11-,14-8-. The van der Waals surface area contributed by atoms with Crippen LogP contribution in [-0.4, -0.2) is 17.4 Å². The molecule has 1 saturated carbocycles. The maximum Gasteiger partial charge on any atom is 0.331 e. The van der Waals surface area contributed by atoms with Gasteiger partial charge in [0.2, 0.25) is 0 Å². The first kappa shape index (κ1) is 16.4. The highest BCUT2D eigenvalue weighted by molar-refractivity contribution is 5.99. The predicted molar refractivity (Wildman–Crippen MR) is 80.2 cm³/mol. The lowest BCUT2D eigenvalue weighted by Crippen LogP contribution is -2.24. The van der Waals surface area contributed by atoms with Gasteiger partial charge in [-0.25, -0.2) is 4.79 Å². The average molecular weight is 276 g/mol. The normalized spacial score (nSPS) is 24.6. The molecular weight excluding hydrogens is 252 g/mol. The largest absolute Gasteiger partial charge is 0.457 e. The Hall–Kier alpha value is -1.64. The Kier molecular flexibility index (Phi) is 5.49. The van der Waals surface area contributed by atoms with Crippen LogP contribution in [0.25, 0.3) is 0 Å². The Bertz CT molecular complexity index is 473. The van der Waals surface area contributed by atoms with Gasteiger partial charge in [0.05, 0.1) is 0 Å². The van der Waals surface area contributed by atoms with E-state index in [0.29, 0.717) is 12.8 Å². The van der Waals surface area contributed by atoms with Gasteiger partial charge in [0.25, 0.3) is 0 Å². The van der Waals surface area contributed by atoms with Crippen LogP contribution in [0, 0.1) is 5.92 Å². The molecule has 1 fully saturated rings. The van der Waals surface area contributed by atoms with Gasteiger partial charge in [-0.1, -0.05) is 30.7 Å². The van der Waals surface area contributed by atoms with Crippen molar-refractivity contribution in [3.05, 3.63) is 35.5 Å². The Balaban J connectivity index is 2.87. The minimum Gasteiger partial charge on any atom is -0.457 e. The number of Topliss-reactive ketones (excluding diaryl/α,β-unsaturated/α-hetero) is 1. The van der Waals surface area contributed by atoms with Crippen LogP contribution in [-0.2, 0) is 14.3 Å². The first-order chi connectivity index (χ1) is 9.23. The minimum atomic E-state index is -0.492. The number of carbonyl (C=O) groups excluding carboxylic acids is 2. The Morgan fingerprint density at radius 1 is 1.35 bits per heavy atom. The number of hydrogen-bond donors (Lipinski definition) is 0. The van der Waals surface area contributed by atoms with E-state index in [1.807, 2.05) is 52.8 Å². The molecule has 0 aromatic heterocycles. The van der Waals surface area contributed by atoms with Crippen LogP contribution in [0.1, 0.15) is 47.5 Å². The van der Waals surface area contributed by atoms with Gasteiger partial charge in [0.15, 0.2) is 5.78 Å². The van der Waals surface area contributed by atoms with Gasteiger partial charge >= 0.3 is 5.97 Å². The van der Waals surface area contributed by atoms with Crippen molar-refractivity contribution in [2.24, 2.45) is 5.92 Å².